The number of aryl methyl sites for hydroxylation is 3. The molecular formula is C27H23N3O3S. The van der Waals surface area contributed by atoms with Gasteiger partial charge in [0.05, 0.1) is 32.9 Å². The summed E-state index contributed by atoms with van der Waals surface area (Å²) < 4.78 is 11.5. The highest BCUT2D eigenvalue weighted by Gasteiger charge is 2.36. The van der Waals surface area contributed by atoms with Gasteiger partial charge in [-0.1, -0.05) is 42.0 Å². The van der Waals surface area contributed by atoms with E-state index in [2.05, 4.69) is 10.6 Å². The lowest BCUT2D eigenvalue weighted by molar-refractivity contribution is 0.233. The molecule has 1 aliphatic heterocycles. The number of rotatable bonds is 2. The molecule has 3 aromatic heterocycles. The maximum Gasteiger partial charge on any atom is 0.331 e. The van der Waals surface area contributed by atoms with E-state index in [1.165, 1.54) is 11.6 Å². The maximum atomic E-state index is 13.7. The molecular weight excluding hydrogens is 446 g/mol. The Morgan fingerprint density at radius 3 is 2.35 bits per heavy atom. The third-order valence-corrected chi connectivity index (χ3v) is 7.50. The highest BCUT2D eigenvalue weighted by Crippen LogP contribution is 2.47. The zero-order valence-electron chi connectivity index (χ0n) is 19.3. The van der Waals surface area contributed by atoms with Crippen LogP contribution in [0.3, 0.4) is 0 Å². The Hall–Kier alpha value is -3.84. The monoisotopic (exact) mass is 469 g/mol. The number of aromatic nitrogens is 3. The molecule has 1 aliphatic rings. The average molecular weight is 470 g/mol. The van der Waals surface area contributed by atoms with Gasteiger partial charge in [-0.05, 0) is 48.6 Å². The van der Waals surface area contributed by atoms with Crippen molar-refractivity contribution < 1.29 is 4.74 Å². The molecule has 2 aromatic carbocycles. The summed E-state index contributed by atoms with van der Waals surface area (Å²) in [4.78, 5) is 27.7. The van der Waals surface area contributed by atoms with Crippen LogP contribution in [0.15, 0.2) is 69.6 Å². The molecule has 0 aliphatic carbocycles. The molecule has 0 saturated carbocycles. The minimum atomic E-state index is -0.449. The van der Waals surface area contributed by atoms with Gasteiger partial charge in [0.15, 0.2) is 6.10 Å². The fourth-order valence-electron chi connectivity index (χ4n) is 4.89. The normalized spacial score (nSPS) is 14.6. The van der Waals surface area contributed by atoms with Crippen LogP contribution in [0.4, 0.5) is 0 Å². The minimum absolute atomic E-state index is 0.310. The molecule has 5 aromatic rings. The largest absolute Gasteiger partial charge is 0.476 e. The third-order valence-electron chi connectivity index (χ3n) is 6.58. The summed E-state index contributed by atoms with van der Waals surface area (Å²) in [6, 6.07) is 18.3. The second-order valence-corrected chi connectivity index (χ2v) is 9.83. The van der Waals surface area contributed by atoms with Crippen molar-refractivity contribution in [2.45, 2.75) is 20.0 Å². The van der Waals surface area contributed by atoms with Gasteiger partial charge in [0.25, 0.3) is 5.56 Å². The Morgan fingerprint density at radius 2 is 1.65 bits per heavy atom. The van der Waals surface area contributed by atoms with Crippen molar-refractivity contribution in [1.82, 2.24) is 13.7 Å². The van der Waals surface area contributed by atoms with E-state index in [0.29, 0.717) is 10.9 Å². The Morgan fingerprint density at radius 1 is 0.912 bits per heavy atom. The van der Waals surface area contributed by atoms with Crippen LogP contribution in [0.25, 0.3) is 27.8 Å². The lowest BCUT2D eigenvalue weighted by Gasteiger charge is -2.29. The standard InChI is InChI=1S/C27H23N3O3S/c1-15-7-10-17(11-8-15)22-21-23(28(3)27(32)29(4)26(21)31)24-25(20-6-5-13-34-20)33-19-12-9-16(2)14-18(19)30(22)24/h5-14,25H,1-4H3. The summed E-state index contributed by atoms with van der Waals surface area (Å²) in [5.41, 5.74) is 5.50. The van der Waals surface area contributed by atoms with E-state index in [9.17, 15) is 9.59 Å². The first kappa shape index (κ1) is 20.7. The highest BCUT2D eigenvalue weighted by atomic mass is 32.1. The molecule has 170 valence electrons. The van der Waals surface area contributed by atoms with E-state index < -0.39 is 6.10 Å². The van der Waals surface area contributed by atoms with Crippen LogP contribution in [0.2, 0.25) is 0 Å². The Kier molecular flexibility index (Phi) is 4.47. The predicted molar refractivity (Wildman–Crippen MR) is 135 cm³/mol. The Labute approximate surface area is 199 Å². The van der Waals surface area contributed by atoms with Crippen LogP contribution >= 0.6 is 11.3 Å². The first-order valence-corrected chi connectivity index (χ1v) is 12.0. The molecule has 6 rings (SSSR count). The molecule has 6 nitrogen and oxygen atoms in total. The molecule has 7 heteroatoms. The predicted octanol–water partition coefficient (Wildman–Crippen LogP) is 4.86. The summed E-state index contributed by atoms with van der Waals surface area (Å²) in [5.74, 6) is 0.743. The van der Waals surface area contributed by atoms with Crippen molar-refractivity contribution in [1.29, 1.82) is 0 Å². The minimum Gasteiger partial charge on any atom is -0.476 e. The lowest BCUT2D eigenvalue weighted by Crippen LogP contribution is -2.37. The van der Waals surface area contributed by atoms with Gasteiger partial charge < -0.3 is 9.30 Å². The molecule has 1 unspecified atom stereocenters. The van der Waals surface area contributed by atoms with Crippen LogP contribution in [0.5, 0.6) is 5.75 Å². The molecule has 0 spiro atoms. The van der Waals surface area contributed by atoms with Crippen LogP contribution in [0.1, 0.15) is 27.8 Å². The Balaban J connectivity index is 1.89. The van der Waals surface area contributed by atoms with E-state index in [4.69, 9.17) is 4.74 Å². The van der Waals surface area contributed by atoms with Crippen molar-refractivity contribution in [2.75, 3.05) is 0 Å². The van der Waals surface area contributed by atoms with E-state index >= 15 is 0 Å². The van der Waals surface area contributed by atoms with Gasteiger partial charge in [-0.15, -0.1) is 11.3 Å². The molecule has 0 amide bonds. The lowest BCUT2D eigenvalue weighted by atomic mass is 10.1. The second kappa shape index (κ2) is 7.33. The van der Waals surface area contributed by atoms with Gasteiger partial charge in [-0.25, -0.2) is 4.79 Å². The van der Waals surface area contributed by atoms with Gasteiger partial charge in [0.2, 0.25) is 0 Å². The van der Waals surface area contributed by atoms with Gasteiger partial charge in [0.1, 0.15) is 5.75 Å². The van der Waals surface area contributed by atoms with E-state index in [-0.39, 0.29) is 11.2 Å². The fraction of sp³-hybridized carbons (Fsp3) is 0.185. The smallest absolute Gasteiger partial charge is 0.331 e. The second-order valence-electron chi connectivity index (χ2n) is 8.85. The zero-order valence-corrected chi connectivity index (χ0v) is 20.1. The van der Waals surface area contributed by atoms with Crippen LogP contribution < -0.4 is 16.0 Å². The number of benzene rings is 2. The highest BCUT2D eigenvalue weighted by molar-refractivity contribution is 7.10. The fourth-order valence-corrected chi connectivity index (χ4v) is 5.64. The van der Waals surface area contributed by atoms with Crippen molar-refractivity contribution in [3.8, 4) is 22.7 Å². The third kappa shape index (κ3) is 2.80. The summed E-state index contributed by atoms with van der Waals surface area (Å²) in [7, 11) is 3.26. The van der Waals surface area contributed by atoms with Gasteiger partial charge in [-0.3, -0.25) is 13.9 Å². The molecule has 0 N–H and O–H groups in total. The van der Waals surface area contributed by atoms with Gasteiger partial charge in [-0.2, -0.15) is 0 Å². The summed E-state index contributed by atoms with van der Waals surface area (Å²) in [6.07, 6.45) is -0.449. The molecule has 4 heterocycles. The SMILES string of the molecule is Cc1ccc(-c2c3c(=O)n(C)c(=O)n(C)c3c3n2-c2cc(C)ccc2OC3c2cccs2)cc1. The van der Waals surface area contributed by atoms with Gasteiger partial charge in [0, 0.05) is 14.1 Å². The number of thiophene rings is 1. The van der Waals surface area contributed by atoms with Gasteiger partial charge >= 0.3 is 5.69 Å². The molecule has 0 saturated heterocycles. The molecule has 0 fully saturated rings. The van der Waals surface area contributed by atoms with Crippen LogP contribution in [-0.4, -0.2) is 13.7 Å². The average Bonchev–Trinajstić information content (AvgIpc) is 3.48. The van der Waals surface area contributed by atoms with Crippen LogP contribution in [0, 0.1) is 13.8 Å². The number of ether oxygens (including phenoxy) is 1. The topological polar surface area (TPSA) is 58.2 Å². The number of hydrogen-bond donors (Lipinski definition) is 0. The summed E-state index contributed by atoms with van der Waals surface area (Å²) >= 11 is 1.59. The maximum absolute atomic E-state index is 13.7. The van der Waals surface area contributed by atoms with E-state index in [1.54, 1.807) is 23.0 Å². The molecule has 1 atom stereocenters. The number of nitrogens with zero attached hydrogens (tertiary/aromatic N) is 3. The first-order chi connectivity index (χ1) is 16.4. The van der Waals surface area contributed by atoms with E-state index in [1.807, 2.05) is 67.8 Å². The van der Waals surface area contributed by atoms with Crippen LogP contribution in [-0.2, 0) is 14.1 Å². The van der Waals surface area contributed by atoms with Crippen molar-refractivity contribution >= 4 is 22.2 Å². The summed E-state index contributed by atoms with van der Waals surface area (Å²) in [5, 5.41) is 2.53. The van der Waals surface area contributed by atoms with Crippen molar-refractivity contribution in [2.24, 2.45) is 14.1 Å². The number of hydrogen-bond acceptors (Lipinski definition) is 4. The van der Waals surface area contributed by atoms with Crippen molar-refractivity contribution in [3.05, 3.63) is 103 Å². The first-order valence-electron chi connectivity index (χ1n) is 11.1. The molecule has 0 radical (unpaired) electrons. The molecule has 34 heavy (non-hydrogen) atoms. The van der Waals surface area contributed by atoms with E-state index in [0.717, 1.165) is 44.4 Å². The molecule has 0 bridgehead atoms. The number of fused-ring (bicyclic) bond motifs is 5. The Bertz CT molecular complexity index is 1700. The zero-order chi connectivity index (χ0) is 23.7. The summed E-state index contributed by atoms with van der Waals surface area (Å²) in [6.45, 7) is 4.08. The van der Waals surface area contributed by atoms with Crippen molar-refractivity contribution in [3.63, 3.8) is 0 Å². The quantitative estimate of drug-likeness (QED) is 0.371.